The molecule has 3 aromatic rings. The Morgan fingerprint density at radius 3 is 2.17 bits per heavy atom. The number of carbonyl (C=O) groups excluding carboxylic acids is 1. The molecule has 0 aliphatic carbocycles. The first-order valence-electron chi connectivity index (χ1n) is 9.58. The molecular weight excluding hydrogens is 380 g/mol. The van der Waals surface area contributed by atoms with E-state index in [9.17, 15) is 9.90 Å². The van der Waals surface area contributed by atoms with Crippen LogP contribution in [0.15, 0.2) is 72.8 Å². The van der Waals surface area contributed by atoms with E-state index in [0.717, 1.165) is 11.1 Å². The molecule has 0 spiro atoms. The zero-order chi connectivity index (χ0) is 21.6. The third-order valence-corrected chi connectivity index (χ3v) is 4.85. The highest BCUT2D eigenvalue weighted by molar-refractivity contribution is 5.89. The van der Waals surface area contributed by atoms with E-state index in [0.29, 0.717) is 22.7 Å². The van der Waals surface area contributed by atoms with Crippen LogP contribution < -0.4 is 20.1 Å². The van der Waals surface area contributed by atoms with Crippen LogP contribution in [-0.4, -0.2) is 31.9 Å². The number of ether oxygens (including phenoxy) is 2. The zero-order valence-corrected chi connectivity index (χ0v) is 17.3. The van der Waals surface area contributed by atoms with E-state index in [-0.39, 0.29) is 6.54 Å². The van der Waals surface area contributed by atoms with Crippen LogP contribution in [0.5, 0.6) is 11.5 Å². The van der Waals surface area contributed by atoms with E-state index in [1.165, 1.54) is 7.11 Å². The molecule has 156 valence electrons. The third-order valence-electron chi connectivity index (χ3n) is 4.85. The summed E-state index contributed by atoms with van der Waals surface area (Å²) in [7, 11) is 3.08. The highest BCUT2D eigenvalue weighted by Gasteiger charge is 2.24. The zero-order valence-electron chi connectivity index (χ0n) is 17.3. The average molecular weight is 406 g/mol. The van der Waals surface area contributed by atoms with Gasteiger partial charge in [-0.2, -0.15) is 0 Å². The fourth-order valence-electron chi connectivity index (χ4n) is 3.10. The lowest BCUT2D eigenvalue weighted by atomic mass is 9.94. The number of urea groups is 1. The Morgan fingerprint density at radius 1 is 0.900 bits per heavy atom. The molecule has 0 saturated carbocycles. The molecule has 2 amide bonds. The van der Waals surface area contributed by atoms with Crippen molar-refractivity contribution in [2.75, 3.05) is 26.1 Å². The Labute approximate surface area is 176 Å². The summed E-state index contributed by atoms with van der Waals surface area (Å²) >= 11 is 0. The molecule has 0 saturated heterocycles. The van der Waals surface area contributed by atoms with Gasteiger partial charge in [-0.1, -0.05) is 54.6 Å². The number of carbonyl (C=O) groups is 1. The number of methoxy groups -OCH3 is 2. The van der Waals surface area contributed by atoms with Gasteiger partial charge in [-0.3, -0.25) is 0 Å². The van der Waals surface area contributed by atoms with Gasteiger partial charge in [0.05, 0.1) is 20.8 Å². The van der Waals surface area contributed by atoms with Crippen molar-refractivity contribution >= 4 is 11.7 Å². The van der Waals surface area contributed by atoms with Crippen LogP contribution in [-0.2, 0) is 5.60 Å². The number of hydrogen-bond acceptors (Lipinski definition) is 4. The molecule has 6 heteroatoms. The van der Waals surface area contributed by atoms with Crippen LogP contribution >= 0.6 is 0 Å². The van der Waals surface area contributed by atoms with E-state index in [1.54, 1.807) is 32.2 Å². The average Bonchev–Trinajstić information content (AvgIpc) is 2.78. The van der Waals surface area contributed by atoms with Crippen LogP contribution in [0.3, 0.4) is 0 Å². The summed E-state index contributed by atoms with van der Waals surface area (Å²) in [6.45, 7) is 1.72. The van der Waals surface area contributed by atoms with Gasteiger partial charge in [-0.05, 0) is 35.7 Å². The third kappa shape index (κ3) is 5.10. The van der Waals surface area contributed by atoms with Gasteiger partial charge in [0.1, 0.15) is 5.60 Å². The predicted molar refractivity (Wildman–Crippen MR) is 118 cm³/mol. The lowest BCUT2D eigenvalue weighted by molar-refractivity contribution is 0.0600. The number of rotatable bonds is 7. The number of amides is 2. The van der Waals surface area contributed by atoms with Crippen LogP contribution in [0, 0.1) is 0 Å². The molecular formula is C24H26N2O4. The summed E-state index contributed by atoms with van der Waals surface area (Å²) in [5, 5.41) is 16.3. The Hall–Kier alpha value is -3.51. The van der Waals surface area contributed by atoms with Crippen LogP contribution in [0.25, 0.3) is 11.1 Å². The number of nitrogens with one attached hydrogen (secondary N) is 2. The van der Waals surface area contributed by atoms with Gasteiger partial charge in [-0.25, -0.2) is 4.79 Å². The summed E-state index contributed by atoms with van der Waals surface area (Å²) in [6, 6.07) is 22.3. The van der Waals surface area contributed by atoms with Crippen LogP contribution in [0.1, 0.15) is 12.5 Å². The highest BCUT2D eigenvalue weighted by Crippen LogP contribution is 2.30. The predicted octanol–water partition coefficient (Wildman–Crippen LogP) is 4.40. The smallest absolute Gasteiger partial charge is 0.319 e. The molecule has 3 aromatic carbocycles. The van der Waals surface area contributed by atoms with Crippen molar-refractivity contribution in [1.82, 2.24) is 5.32 Å². The van der Waals surface area contributed by atoms with Crippen LogP contribution in [0.2, 0.25) is 0 Å². The summed E-state index contributed by atoms with van der Waals surface area (Å²) in [5.74, 6) is 1.09. The molecule has 0 aromatic heterocycles. The first-order valence-corrected chi connectivity index (χ1v) is 9.58. The normalized spacial score (nSPS) is 12.5. The summed E-state index contributed by atoms with van der Waals surface area (Å²) in [6.07, 6.45) is 0. The maximum atomic E-state index is 12.3. The highest BCUT2D eigenvalue weighted by atomic mass is 16.5. The monoisotopic (exact) mass is 406 g/mol. The molecule has 0 bridgehead atoms. The first-order chi connectivity index (χ1) is 14.4. The molecule has 6 nitrogen and oxygen atoms in total. The molecule has 0 aliphatic heterocycles. The molecule has 1 atom stereocenters. The Kier molecular flexibility index (Phi) is 6.59. The van der Waals surface area contributed by atoms with Crippen LogP contribution in [0.4, 0.5) is 10.5 Å². The molecule has 0 heterocycles. The Balaban J connectivity index is 1.61. The summed E-state index contributed by atoms with van der Waals surface area (Å²) in [5.41, 5.74) is 2.22. The van der Waals surface area contributed by atoms with Crippen molar-refractivity contribution in [2.45, 2.75) is 12.5 Å². The lowest BCUT2D eigenvalue weighted by Crippen LogP contribution is -2.40. The van der Waals surface area contributed by atoms with Crippen molar-refractivity contribution in [3.8, 4) is 22.6 Å². The minimum Gasteiger partial charge on any atom is -0.493 e. The van der Waals surface area contributed by atoms with Gasteiger partial charge < -0.3 is 25.2 Å². The minimum atomic E-state index is -1.22. The Morgan fingerprint density at radius 2 is 1.53 bits per heavy atom. The quantitative estimate of drug-likeness (QED) is 0.543. The van der Waals surface area contributed by atoms with E-state index in [1.807, 2.05) is 54.6 Å². The van der Waals surface area contributed by atoms with Gasteiger partial charge >= 0.3 is 6.03 Å². The SMILES string of the molecule is COc1ccc(NC(=O)NCC(C)(O)c2ccc(-c3ccccc3)cc2)cc1OC. The van der Waals surface area contributed by atoms with Gasteiger partial charge in [0, 0.05) is 11.8 Å². The largest absolute Gasteiger partial charge is 0.493 e. The second kappa shape index (κ2) is 9.33. The fraction of sp³-hybridized carbons (Fsp3) is 0.208. The fourth-order valence-corrected chi connectivity index (χ4v) is 3.10. The van der Waals surface area contributed by atoms with E-state index >= 15 is 0 Å². The summed E-state index contributed by atoms with van der Waals surface area (Å²) < 4.78 is 10.4. The molecule has 3 rings (SSSR count). The summed E-state index contributed by atoms with van der Waals surface area (Å²) in [4.78, 5) is 12.3. The van der Waals surface area contributed by atoms with Gasteiger partial charge in [0.2, 0.25) is 0 Å². The standard InChI is InChI=1S/C24H26N2O4/c1-24(28,19-11-9-18(10-12-19)17-7-5-4-6-8-17)16-25-23(27)26-20-13-14-21(29-2)22(15-20)30-3/h4-15,28H,16H2,1-3H3,(H2,25,26,27). The maximum absolute atomic E-state index is 12.3. The molecule has 30 heavy (non-hydrogen) atoms. The Bertz CT molecular complexity index is 986. The first kappa shape index (κ1) is 21.2. The van der Waals surface area contributed by atoms with E-state index < -0.39 is 11.6 Å². The number of anilines is 1. The molecule has 0 radical (unpaired) electrons. The second-order valence-electron chi connectivity index (χ2n) is 7.09. The number of aliphatic hydroxyl groups is 1. The van der Waals surface area contributed by atoms with Gasteiger partial charge in [-0.15, -0.1) is 0 Å². The van der Waals surface area contributed by atoms with Crippen molar-refractivity contribution < 1.29 is 19.4 Å². The van der Waals surface area contributed by atoms with Crippen molar-refractivity contribution in [1.29, 1.82) is 0 Å². The van der Waals surface area contributed by atoms with Gasteiger partial charge in [0.25, 0.3) is 0 Å². The number of hydrogen-bond donors (Lipinski definition) is 3. The topological polar surface area (TPSA) is 79.8 Å². The molecule has 0 aliphatic rings. The molecule has 0 fully saturated rings. The van der Waals surface area contributed by atoms with Gasteiger partial charge in [0.15, 0.2) is 11.5 Å². The lowest BCUT2D eigenvalue weighted by Gasteiger charge is -2.24. The van der Waals surface area contributed by atoms with E-state index in [4.69, 9.17) is 9.47 Å². The molecule has 1 unspecified atom stereocenters. The second-order valence-corrected chi connectivity index (χ2v) is 7.09. The minimum absolute atomic E-state index is 0.0524. The maximum Gasteiger partial charge on any atom is 0.319 e. The molecule has 3 N–H and O–H groups in total. The van der Waals surface area contributed by atoms with Crippen molar-refractivity contribution in [3.63, 3.8) is 0 Å². The van der Waals surface area contributed by atoms with Crippen molar-refractivity contribution in [3.05, 3.63) is 78.4 Å². The number of benzene rings is 3. The van der Waals surface area contributed by atoms with Crippen molar-refractivity contribution in [2.24, 2.45) is 0 Å². The van der Waals surface area contributed by atoms with E-state index in [2.05, 4.69) is 10.6 Å².